The summed E-state index contributed by atoms with van der Waals surface area (Å²) in [7, 11) is 0. The van der Waals surface area contributed by atoms with Gasteiger partial charge in [-0.1, -0.05) is 42.1 Å². The van der Waals surface area contributed by atoms with Gasteiger partial charge in [0.2, 0.25) is 0 Å². The third-order valence-corrected chi connectivity index (χ3v) is 6.75. The van der Waals surface area contributed by atoms with Crippen LogP contribution in [0.15, 0.2) is 70.0 Å². The number of hydrogen-bond acceptors (Lipinski definition) is 8. The number of aromatic nitrogens is 3. The molecule has 0 atom stereocenters. The molecule has 0 saturated heterocycles. The molecule has 4 aromatic rings. The Labute approximate surface area is 188 Å². The van der Waals surface area contributed by atoms with Crippen molar-refractivity contribution in [3.05, 3.63) is 77.7 Å². The first-order chi connectivity index (χ1) is 15.2. The van der Waals surface area contributed by atoms with Gasteiger partial charge in [0.05, 0.1) is 11.6 Å². The van der Waals surface area contributed by atoms with Crippen LogP contribution in [-0.2, 0) is 6.42 Å². The highest BCUT2D eigenvalue weighted by Gasteiger charge is 2.17. The molecule has 2 aromatic carbocycles. The lowest BCUT2D eigenvalue weighted by Gasteiger charge is -2.08. The van der Waals surface area contributed by atoms with Gasteiger partial charge in [-0.25, -0.2) is 15.0 Å². The van der Waals surface area contributed by atoms with Crippen LogP contribution in [0.2, 0.25) is 0 Å². The number of nitrogens with zero attached hydrogens (tertiary/aromatic N) is 5. The number of thiazole rings is 1. The maximum absolute atomic E-state index is 9.62. The Balaban J connectivity index is 1.74. The van der Waals surface area contributed by atoms with Gasteiger partial charge >= 0.3 is 0 Å². The molecule has 0 bridgehead atoms. The summed E-state index contributed by atoms with van der Waals surface area (Å²) in [5.74, 6) is 0.555. The van der Waals surface area contributed by atoms with Crippen LogP contribution in [-0.4, -0.2) is 21.5 Å². The molecule has 0 spiro atoms. The van der Waals surface area contributed by atoms with Gasteiger partial charge in [0.1, 0.15) is 15.3 Å². The Hall–Kier alpha value is -3.56. The molecule has 150 valence electrons. The van der Waals surface area contributed by atoms with Crippen molar-refractivity contribution in [1.29, 1.82) is 10.5 Å². The fourth-order valence-corrected chi connectivity index (χ4v) is 5.17. The fraction of sp³-hybridized carbons (Fsp3) is 0.0870. The number of hydrogen-bond donors (Lipinski definition) is 1. The third kappa shape index (κ3) is 4.62. The molecule has 4 rings (SSSR count). The Kier molecular flexibility index (Phi) is 6.34. The van der Waals surface area contributed by atoms with E-state index in [0.717, 1.165) is 30.8 Å². The van der Waals surface area contributed by atoms with E-state index in [1.807, 2.05) is 36.4 Å². The monoisotopic (exact) mass is 440 g/mol. The van der Waals surface area contributed by atoms with E-state index < -0.39 is 0 Å². The second-order valence-electron chi connectivity index (χ2n) is 6.51. The van der Waals surface area contributed by atoms with Gasteiger partial charge in [0.15, 0.2) is 11.5 Å². The quantitative estimate of drug-likeness (QED) is 0.464. The summed E-state index contributed by atoms with van der Waals surface area (Å²) in [5, 5.41) is 19.8. The van der Waals surface area contributed by atoms with Crippen molar-refractivity contribution in [3.8, 4) is 34.1 Å². The average Bonchev–Trinajstić information content (AvgIpc) is 3.23. The molecule has 0 saturated carbocycles. The fourth-order valence-electron chi connectivity index (χ4n) is 2.90. The minimum Gasteiger partial charge on any atom is -0.330 e. The summed E-state index contributed by atoms with van der Waals surface area (Å²) < 4.78 is 0.762. The van der Waals surface area contributed by atoms with Crippen LogP contribution in [0.25, 0.3) is 22.0 Å². The maximum Gasteiger partial charge on any atom is 0.166 e. The lowest BCUT2D eigenvalue weighted by atomic mass is 10.1. The summed E-state index contributed by atoms with van der Waals surface area (Å²) in [4.78, 5) is 14.3. The van der Waals surface area contributed by atoms with Gasteiger partial charge in [-0.2, -0.15) is 10.5 Å². The Morgan fingerprint density at radius 2 is 1.77 bits per heavy atom. The Morgan fingerprint density at radius 1 is 1.00 bits per heavy atom. The number of nitrogens with two attached hydrogens (primary N) is 1. The SMILES string of the molecule is N#Cc1ccc(-c2ncc(CCN)cn2)c(Sc2sc(-c3ccccc3)nc2C#N)c1. The maximum atomic E-state index is 9.62. The molecule has 0 amide bonds. The molecular weight excluding hydrogens is 424 g/mol. The summed E-state index contributed by atoms with van der Waals surface area (Å²) >= 11 is 2.85. The van der Waals surface area contributed by atoms with Gasteiger partial charge in [0.25, 0.3) is 0 Å². The Bertz CT molecular complexity index is 1280. The van der Waals surface area contributed by atoms with Gasteiger partial charge in [-0.15, -0.1) is 11.3 Å². The van der Waals surface area contributed by atoms with E-state index in [9.17, 15) is 10.5 Å². The number of benzene rings is 2. The van der Waals surface area contributed by atoms with Crippen molar-refractivity contribution in [1.82, 2.24) is 15.0 Å². The van der Waals surface area contributed by atoms with Crippen LogP contribution in [0.1, 0.15) is 16.8 Å². The molecule has 0 radical (unpaired) electrons. The molecule has 6 nitrogen and oxygen atoms in total. The second-order valence-corrected chi connectivity index (χ2v) is 8.82. The molecule has 0 aliphatic rings. The van der Waals surface area contributed by atoms with E-state index in [2.05, 4.69) is 27.1 Å². The molecule has 2 heterocycles. The smallest absolute Gasteiger partial charge is 0.166 e. The van der Waals surface area contributed by atoms with Crippen LogP contribution >= 0.6 is 23.1 Å². The summed E-state index contributed by atoms with van der Waals surface area (Å²) in [6.45, 7) is 0.534. The van der Waals surface area contributed by atoms with Gasteiger partial charge in [-0.3, -0.25) is 0 Å². The van der Waals surface area contributed by atoms with Crippen molar-refractivity contribution in [3.63, 3.8) is 0 Å². The third-order valence-electron chi connectivity index (χ3n) is 4.42. The molecule has 0 unspecified atom stereocenters. The largest absolute Gasteiger partial charge is 0.330 e. The summed E-state index contributed by atoms with van der Waals surface area (Å²) in [6.07, 6.45) is 4.25. The van der Waals surface area contributed by atoms with Crippen molar-refractivity contribution in [2.75, 3.05) is 6.54 Å². The Morgan fingerprint density at radius 3 is 2.45 bits per heavy atom. The van der Waals surface area contributed by atoms with Crippen LogP contribution in [0, 0.1) is 22.7 Å². The second kappa shape index (κ2) is 9.50. The zero-order valence-electron chi connectivity index (χ0n) is 16.3. The van der Waals surface area contributed by atoms with E-state index in [4.69, 9.17) is 5.73 Å². The molecule has 0 aliphatic heterocycles. The molecule has 31 heavy (non-hydrogen) atoms. The van der Waals surface area contributed by atoms with Gasteiger partial charge in [-0.05, 0) is 36.7 Å². The highest BCUT2D eigenvalue weighted by molar-refractivity contribution is 8.01. The standard InChI is InChI=1S/C23H16N6S2/c24-9-8-16-13-27-21(28-14-16)18-7-6-15(11-25)10-20(18)30-23-19(12-26)29-22(31-23)17-4-2-1-3-5-17/h1-7,10,13-14H,8-9,24H2. The molecule has 2 aromatic heterocycles. The van der Waals surface area contributed by atoms with Gasteiger partial charge < -0.3 is 5.73 Å². The average molecular weight is 441 g/mol. The highest BCUT2D eigenvalue weighted by Crippen LogP contribution is 2.42. The molecule has 0 fully saturated rings. The lowest BCUT2D eigenvalue weighted by Crippen LogP contribution is -2.04. The zero-order valence-corrected chi connectivity index (χ0v) is 18.0. The molecule has 8 heteroatoms. The van der Waals surface area contributed by atoms with Crippen LogP contribution in [0.3, 0.4) is 0 Å². The van der Waals surface area contributed by atoms with Crippen molar-refractivity contribution < 1.29 is 0 Å². The van der Waals surface area contributed by atoms with Gasteiger partial charge in [0, 0.05) is 28.4 Å². The predicted molar refractivity (Wildman–Crippen MR) is 121 cm³/mol. The lowest BCUT2D eigenvalue weighted by molar-refractivity contribution is 0.942. The minimum atomic E-state index is 0.362. The first-order valence-electron chi connectivity index (χ1n) is 9.41. The summed E-state index contributed by atoms with van der Waals surface area (Å²) in [5.41, 5.74) is 9.21. The zero-order chi connectivity index (χ0) is 21.6. The number of nitriles is 2. The topological polar surface area (TPSA) is 112 Å². The van der Waals surface area contributed by atoms with E-state index in [1.54, 1.807) is 24.5 Å². The summed E-state index contributed by atoms with van der Waals surface area (Å²) in [6, 6.07) is 19.5. The minimum absolute atomic E-state index is 0.362. The van der Waals surface area contributed by atoms with Crippen molar-refractivity contribution in [2.24, 2.45) is 5.73 Å². The molecule has 2 N–H and O–H groups in total. The normalized spacial score (nSPS) is 10.4. The van der Waals surface area contributed by atoms with Crippen LogP contribution in [0.5, 0.6) is 0 Å². The molecule has 0 aliphatic carbocycles. The van der Waals surface area contributed by atoms with Crippen LogP contribution < -0.4 is 5.73 Å². The number of rotatable bonds is 6. The van der Waals surface area contributed by atoms with E-state index in [0.29, 0.717) is 30.0 Å². The first-order valence-corrected chi connectivity index (χ1v) is 11.0. The van der Waals surface area contributed by atoms with E-state index in [-0.39, 0.29) is 0 Å². The van der Waals surface area contributed by atoms with Crippen LogP contribution in [0.4, 0.5) is 0 Å². The van der Waals surface area contributed by atoms with Crippen molar-refractivity contribution in [2.45, 2.75) is 15.5 Å². The first kappa shape index (κ1) is 20.7. The molecular formula is C23H16N6S2. The van der Waals surface area contributed by atoms with E-state index >= 15 is 0 Å². The predicted octanol–water partition coefficient (Wildman–Crippen LogP) is 4.66. The van der Waals surface area contributed by atoms with Crippen molar-refractivity contribution >= 4 is 23.1 Å². The van der Waals surface area contributed by atoms with E-state index in [1.165, 1.54) is 23.1 Å². The highest BCUT2D eigenvalue weighted by atomic mass is 32.2.